The van der Waals surface area contributed by atoms with Gasteiger partial charge in [-0.25, -0.2) is 14.6 Å². The Morgan fingerprint density at radius 2 is 1.80 bits per heavy atom. The maximum Gasteiger partial charge on any atom is 0.343 e. The van der Waals surface area contributed by atoms with Gasteiger partial charge in [-0.15, -0.1) is 0 Å². The van der Waals surface area contributed by atoms with E-state index in [-0.39, 0.29) is 0 Å². The molecule has 1 aromatic carbocycles. The van der Waals surface area contributed by atoms with Crippen molar-refractivity contribution in [3.05, 3.63) is 59.8 Å². The van der Waals surface area contributed by atoms with Gasteiger partial charge in [-0.3, -0.25) is 0 Å². The van der Waals surface area contributed by atoms with Crippen LogP contribution >= 0.6 is 0 Å². The van der Waals surface area contributed by atoms with Gasteiger partial charge in [0.25, 0.3) is 0 Å². The summed E-state index contributed by atoms with van der Waals surface area (Å²) >= 11 is 0. The first-order chi connectivity index (χ1) is 12.0. The molecule has 0 saturated heterocycles. The predicted molar refractivity (Wildman–Crippen MR) is 92.7 cm³/mol. The number of anilines is 1. The number of carboxylic acids is 2. The molecule has 0 amide bonds. The number of rotatable bonds is 8. The number of nitrogens with zero attached hydrogens (tertiary/aromatic N) is 2. The average molecular weight is 342 g/mol. The molecule has 130 valence electrons. The number of aromatic nitrogens is 1. The van der Waals surface area contributed by atoms with Crippen LogP contribution in [0.5, 0.6) is 5.75 Å². The van der Waals surface area contributed by atoms with Crippen molar-refractivity contribution in [2.24, 2.45) is 0 Å². The highest BCUT2D eigenvalue weighted by Gasteiger charge is 2.15. The van der Waals surface area contributed by atoms with Gasteiger partial charge in [0.2, 0.25) is 0 Å². The fourth-order valence-corrected chi connectivity index (χ4v) is 2.04. The highest BCUT2D eigenvalue weighted by Crippen LogP contribution is 2.15. The minimum Gasteiger partial charge on any atom is -0.492 e. The van der Waals surface area contributed by atoms with Crippen LogP contribution in [-0.2, 0) is 9.59 Å². The molecule has 2 aromatic rings. The Balaban J connectivity index is 1.91. The number of aliphatic carboxylic acids is 2. The van der Waals surface area contributed by atoms with Crippen LogP contribution in [0.25, 0.3) is 6.08 Å². The van der Waals surface area contributed by atoms with Gasteiger partial charge >= 0.3 is 11.9 Å². The van der Waals surface area contributed by atoms with Gasteiger partial charge in [0, 0.05) is 13.2 Å². The number of likely N-dealkylation sites (N-methyl/N-ethyl adjacent to an activating group) is 1. The largest absolute Gasteiger partial charge is 0.492 e. The third-order valence-corrected chi connectivity index (χ3v) is 3.39. The first-order valence-corrected chi connectivity index (χ1v) is 7.50. The standard InChI is InChI=1S/C18H18N2O5/c1-20(16-4-2-3-9-19-16)10-11-25-14-7-5-13(6-8-14)12-15(17(21)22)18(23)24/h2-9,12H,10-11H2,1H3,(H,21,22)(H,23,24). The zero-order valence-electron chi connectivity index (χ0n) is 13.6. The summed E-state index contributed by atoms with van der Waals surface area (Å²) in [5, 5.41) is 17.7. The highest BCUT2D eigenvalue weighted by molar-refractivity contribution is 6.16. The van der Waals surface area contributed by atoms with Crippen LogP contribution in [0.4, 0.5) is 5.82 Å². The first-order valence-electron chi connectivity index (χ1n) is 7.50. The SMILES string of the molecule is CN(CCOc1ccc(C=C(C(=O)O)C(=O)O)cc1)c1ccccn1. The van der Waals surface area contributed by atoms with Crippen LogP contribution in [0, 0.1) is 0 Å². The second-order valence-electron chi connectivity index (χ2n) is 5.20. The smallest absolute Gasteiger partial charge is 0.343 e. The van der Waals surface area contributed by atoms with E-state index in [1.165, 1.54) is 0 Å². The molecule has 7 heteroatoms. The normalized spacial score (nSPS) is 9.96. The molecule has 0 radical (unpaired) electrons. The highest BCUT2D eigenvalue weighted by atomic mass is 16.5. The summed E-state index contributed by atoms with van der Waals surface area (Å²) in [5.74, 6) is -1.50. The summed E-state index contributed by atoms with van der Waals surface area (Å²) in [5.41, 5.74) is -0.219. The van der Waals surface area contributed by atoms with Crippen LogP contribution in [0.1, 0.15) is 5.56 Å². The maximum atomic E-state index is 10.9. The van der Waals surface area contributed by atoms with Crippen molar-refractivity contribution in [3.63, 3.8) is 0 Å². The fourth-order valence-electron chi connectivity index (χ4n) is 2.04. The van der Waals surface area contributed by atoms with Crippen molar-refractivity contribution in [2.75, 3.05) is 25.1 Å². The molecule has 25 heavy (non-hydrogen) atoms. The number of pyridine rings is 1. The lowest BCUT2D eigenvalue weighted by Crippen LogP contribution is -2.24. The number of carbonyl (C=O) groups is 2. The summed E-state index contributed by atoms with van der Waals surface area (Å²) in [6.45, 7) is 1.08. The molecule has 0 atom stereocenters. The third kappa shape index (κ3) is 5.35. The van der Waals surface area contributed by atoms with E-state index in [1.54, 1.807) is 30.5 Å². The molecule has 2 rings (SSSR count). The molecule has 0 fully saturated rings. The van der Waals surface area contributed by atoms with E-state index in [0.717, 1.165) is 11.9 Å². The number of ether oxygens (including phenoxy) is 1. The van der Waals surface area contributed by atoms with E-state index in [0.29, 0.717) is 24.5 Å². The Bertz CT molecular complexity index is 741. The van der Waals surface area contributed by atoms with Crippen LogP contribution < -0.4 is 9.64 Å². The average Bonchev–Trinajstić information content (AvgIpc) is 2.61. The van der Waals surface area contributed by atoms with Crippen molar-refractivity contribution >= 4 is 23.8 Å². The van der Waals surface area contributed by atoms with Crippen molar-refractivity contribution in [3.8, 4) is 5.75 Å². The summed E-state index contributed by atoms with van der Waals surface area (Å²) < 4.78 is 5.63. The zero-order chi connectivity index (χ0) is 18.2. The predicted octanol–water partition coefficient (Wildman–Crippen LogP) is 2.15. The fraction of sp³-hybridized carbons (Fsp3) is 0.167. The molecule has 0 saturated carbocycles. The lowest BCUT2D eigenvalue weighted by Gasteiger charge is -2.18. The molecule has 0 aliphatic rings. The minimum atomic E-state index is -1.48. The molecular weight excluding hydrogens is 324 g/mol. The van der Waals surface area contributed by atoms with Crippen molar-refractivity contribution in [1.82, 2.24) is 4.98 Å². The van der Waals surface area contributed by atoms with Crippen molar-refractivity contribution in [1.29, 1.82) is 0 Å². The Morgan fingerprint density at radius 1 is 1.12 bits per heavy atom. The van der Waals surface area contributed by atoms with E-state index >= 15 is 0 Å². The quantitative estimate of drug-likeness (QED) is 0.431. The van der Waals surface area contributed by atoms with E-state index < -0.39 is 17.5 Å². The van der Waals surface area contributed by atoms with Gasteiger partial charge in [0.1, 0.15) is 23.7 Å². The molecule has 2 N–H and O–H groups in total. The summed E-state index contributed by atoms with van der Waals surface area (Å²) in [4.78, 5) is 27.9. The molecule has 1 heterocycles. The topological polar surface area (TPSA) is 100.0 Å². The molecule has 7 nitrogen and oxygen atoms in total. The Morgan fingerprint density at radius 3 is 2.36 bits per heavy atom. The van der Waals surface area contributed by atoms with Gasteiger partial charge in [-0.1, -0.05) is 18.2 Å². The Labute approximate surface area is 144 Å². The van der Waals surface area contributed by atoms with Gasteiger partial charge in [0.05, 0.1) is 6.54 Å². The number of carboxylic acid groups (broad SMARTS) is 2. The second kappa shape index (κ2) is 8.49. The number of hydrogen-bond acceptors (Lipinski definition) is 5. The van der Waals surface area contributed by atoms with E-state index in [9.17, 15) is 9.59 Å². The van der Waals surface area contributed by atoms with E-state index in [1.807, 2.05) is 30.1 Å². The van der Waals surface area contributed by atoms with Gasteiger partial charge in [-0.2, -0.15) is 0 Å². The van der Waals surface area contributed by atoms with Gasteiger partial charge in [-0.05, 0) is 35.9 Å². The lowest BCUT2D eigenvalue weighted by atomic mass is 10.1. The molecule has 0 bridgehead atoms. The van der Waals surface area contributed by atoms with Crippen molar-refractivity contribution in [2.45, 2.75) is 0 Å². The molecule has 0 unspecified atom stereocenters. The zero-order valence-corrected chi connectivity index (χ0v) is 13.6. The van der Waals surface area contributed by atoms with Crippen LogP contribution in [0.3, 0.4) is 0 Å². The number of hydrogen-bond donors (Lipinski definition) is 2. The third-order valence-electron chi connectivity index (χ3n) is 3.39. The molecule has 0 aliphatic carbocycles. The first kappa shape index (κ1) is 18.0. The van der Waals surface area contributed by atoms with Gasteiger partial charge < -0.3 is 19.8 Å². The van der Waals surface area contributed by atoms with Crippen LogP contribution in [-0.4, -0.2) is 47.3 Å². The van der Waals surface area contributed by atoms with Gasteiger partial charge in [0.15, 0.2) is 0 Å². The summed E-state index contributed by atoms with van der Waals surface area (Å²) in [6, 6.07) is 12.2. The molecule has 0 aliphatic heterocycles. The Hall–Kier alpha value is -3.35. The van der Waals surface area contributed by atoms with E-state index in [4.69, 9.17) is 14.9 Å². The molecule has 1 aromatic heterocycles. The van der Waals surface area contributed by atoms with Crippen molar-refractivity contribution < 1.29 is 24.5 Å². The summed E-state index contributed by atoms with van der Waals surface area (Å²) in [7, 11) is 1.92. The number of benzene rings is 1. The van der Waals surface area contributed by atoms with E-state index in [2.05, 4.69) is 4.98 Å². The molecule has 0 spiro atoms. The Kier molecular flexibility index (Phi) is 6.11. The second-order valence-corrected chi connectivity index (χ2v) is 5.20. The van der Waals surface area contributed by atoms with Crippen LogP contribution in [0.15, 0.2) is 54.2 Å². The lowest BCUT2D eigenvalue weighted by molar-refractivity contribution is -0.140. The summed E-state index contributed by atoms with van der Waals surface area (Å²) in [6.07, 6.45) is 2.82. The molecular formula is C18H18N2O5. The van der Waals surface area contributed by atoms with Crippen LogP contribution in [0.2, 0.25) is 0 Å². The monoisotopic (exact) mass is 342 g/mol. The minimum absolute atomic E-state index is 0.442. The maximum absolute atomic E-state index is 10.9.